The molecule has 164 valence electrons. The van der Waals surface area contributed by atoms with Gasteiger partial charge in [0, 0.05) is 32.2 Å². The highest BCUT2D eigenvalue weighted by atomic mass is 32.2. The second kappa shape index (κ2) is 11.5. The van der Waals surface area contributed by atoms with Gasteiger partial charge in [-0.05, 0) is 37.6 Å². The number of ether oxygens (including phenoxy) is 1. The zero-order chi connectivity index (χ0) is 21.3. The Bertz CT molecular complexity index is 744. The number of morpholine rings is 1. The molecule has 0 amide bonds. The molecular formula is C20H35N5O3S. The van der Waals surface area contributed by atoms with Crippen molar-refractivity contribution >= 4 is 16.0 Å². The number of aliphatic imine (C=N–C) groups is 1. The monoisotopic (exact) mass is 425 g/mol. The minimum atomic E-state index is -3.42. The van der Waals surface area contributed by atoms with E-state index in [9.17, 15) is 8.42 Å². The summed E-state index contributed by atoms with van der Waals surface area (Å²) in [5.74, 6) is 1.28. The van der Waals surface area contributed by atoms with Gasteiger partial charge in [0.15, 0.2) is 5.96 Å². The number of rotatable bonds is 9. The quantitative estimate of drug-likeness (QED) is 0.404. The molecule has 2 rings (SSSR count). The van der Waals surface area contributed by atoms with Crippen LogP contribution >= 0.6 is 0 Å². The maximum absolute atomic E-state index is 11.8. The van der Waals surface area contributed by atoms with Crippen LogP contribution in [0.1, 0.15) is 26.3 Å². The number of nitrogens with zero attached hydrogens (tertiary/aromatic N) is 2. The lowest BCUT2D eigenvalue weighted by Gasteiger charge is -2.37. The molecule has 0 saturated carbocycles. The summed E-state index contributed by atoms with van der Waals surface area (Å²) in [6.07, 6.45) is 0. The second-order valence-corrected chi connectivity index (χ2v) is 9.27. The van der Waals surface area contributed by atoms with Crippen LogP contribution in [-0.4, -0.2) is 71.8 Å². The molecule has 0 radical (unpaired) electrons. The predicted octanol–water partition coefficient (Wildman–Crippen LogP) is 1.01. The number of nitrogens with one attached hydrogen (secondary N) is 3. The minimum absolute atomic E-state index is 0.253. The van der Waals surface area contributed by atoms with Gasteiger partial charge in [0.25, 0.3) is 0 Å². The van der Waals surface area contributed by atoms with Crippen LogP contribution in [0.25, 0.3) is 0 Å². The molecule has 29 heavy (non-hydrogen) atoms. The van der Waals surface area contributed by atoms with Crippen LogP contribution in [0.5, 0.6) is 0 Å². The van der Waals surface area contributed by atoms with E-state index in [-0.39, 0.29) is 4.90 Å². The third kappa shape index (κ3) is 7.26. The topological polar surface area (TPSA) is 95.1 Å². The van der Waals surface area contributed by atoms with Crippen LogP contribution in [0.2, 0.25) is 0 Å². The van der Waals surface area contributed by atoms with E-state index in [0.717, 1.165) is 50.9 Å². The lowest BCUT2D eigenvalue weighted by atomic mass is 10.0. The normalized spacial score (nSPS) is 17.3. The molecule has 1 aromatic rings. The van der Waals surface area contributed by atoms with Crippen molar-refractivity contribution in [2.45, 2.75) is 38.3 Å². The highest BCUT2D eigenvalue weighted by Gasteiger charge is 2.23. The van der Waals surface area contributed by atoms with Crippen LogP contribution in [0, 0.1) is 5.92 Å². The van der Waals surface area contributed by atoms with Crippen LogP contribution in [0.3, 0.4) is 0 Å². The molecule has 1 heterocycles. The molecular weight excluding hydrogens is 390 g/mol. The van der Waals surface area contributed by atoms with Crippen molar-refractivity contribution < 1.29 is 13.2 Å². The predicted molar refractivity (Wildman–Crippen MR) is 117 cm³/mol. The molecule has 1 saturated heterocycles. The highest BCUT2D eigenvalue weighted by Crippen LogP contribution is 2.13. The minimum Gasteiger partial charge on any atom is -0.379 e. The Morgan fingerprint density at radius 1 is 1.17 bits per heavy atom. The van der Waals surface area contributed by atoms with Gasteiger partial charge in [0.2, 0.25) is 10.0 Å². The molecule has 9 heteroatoms. The number of guanidine groups is 1. The van der Waals surface area contributed by atoms with Gasteiger partial charge in [-0.1, -0.05) is 26.0 Å². The molecule has 8 nitrogen and oxygen atoms in total. The van der Waals surface area contributed by atoms with Gasteiger partial charge >= 0.3 is 0 Å². The summed E-state index contributed by atoms with van der Waals surface area (Å²) in [6.45, 7) is 12.1. The first kappa shape index (κ1) is 23.6. The summed E-state index contributed by atoms with van der Waals surface area (Å²) in [5, 5.41) is 6.75. The fourth-order valence-electron chi connectivity index (χ4n) is 3.30. The summed E-state index contributed by atoms with van der Waals surface area (Å²) in [6, 6.07) is 7.20. The molecule has 1 fully saturated rings. The zero-order valence-corrected chi connectivity index (χ0v) is 18.8. The van der Waals surface area contributed by atoms with Crippen molar-refractivity contribution in [2.24, 2.45) is 10.9 Å². The molecule has 1 atom stereocenters. The fraction of sp³-hybridized carbons (Fsp3) is 0.650. The summed E-state index contributed by atoms with van der Waals surface area (Å²) in [7, 11) is -2.01. The van der Waals surface area contributed by atoms with Crippen molar-refractivity contribution in [3.8, 4) is 0 Å². The lowest BCUT2D eigenvalue weighted by molar-refractivity contribution is 0.00752. The Morgan fingerprint density at radius 2 is 1.83 bits per heavy atom. The summed E-state index contributed by atoms with van der Waals surface area (Å²) < 4.78 is 31.5. The van der Waals surface area contributed by atoms with Crippen molar-refractivity contribution in [3.63, 3.8) is 0 Å². The molecule has 1 aliphatic heterocycles. The number of sulfonamides is 1. The average molecular weight is 426 g/mol. The largest absolute Gasteiger partial charge is 0.379 e. The Hall–Kier alpha value is -1.68. The lowest BCUT2D eigenvalue weighted by Crippen LogP contribution is -2.52. The van der Waals surface area contributed by atoms with E-state index in [1.165, 1.54) is 7.05 Å². The number of hydrogen-bond acceptors (Lipinski definition) is 5. The van der Waals surface area contributed by atoms with Gasteiger partial charge in [-0.25, -0.2) is 18.1 Å². The van der Waals surface area contributed by atoms with Gasteiger partial charge in [-0.2, -0.15) is 0 Å². The van der Waals surface area contributed by atoms with Gasteiger partial charge in [0.05, 0.1) is 24.7 Å². The third-order valence-corrected chi connectivity index (χ3v) is 6.46. The van der Waals surface area contributed by atoms with E-state index >= 15 is 0 Å². The highest BCUT2D eigenvalue weighted by molar-refractivity contribution is 7.89. The maximum atomic E-state index is 11.8. The molecule has 0 aliphatic carbocycles. The molecule has 3 N–H and O–H groups in total. The first-order valence-electron chi connectivity index (χ1n) is 10.2. The Labute approximate surface area is 175 Å². The van der Waals surface area contributed by atoms with Crippen molar-refractivity contribution in [2.75, 3.05) is 46.4 Å². The third-order valence-electron chi connectivity index (χ3n) is 5.03. The first-order chi connectivity index (χ1) is 13.9. The second-order valence-electron chi connectivity index (χ2n) is 7.39. The smallest absolute Gasteiger partial charge is 0.240 e. The Balaban J connectivity index is 1.99. The van der Waals surface area contributed by atoms with Gasteiger partial charge < -0.3 is 15.4 Å². The van der Waals surface area contributed by atoms with Crippen molar-refractivity contribution in [1.82, 2.24) is 20.3 Å². The van der Waals surface area contributed by atoms with Crippen LogP contribution in [0.15, 0.2) is 34.2 Å². The van der Waals surface area contributed by atoms with Gasteiger partial charge in [-0.15, -0.1) is 0 Å². The molecule has 1 unspecified atom stereocenters. The van der Waals surface area contributed by atoms with Crippen molar-refractivity contribution in [1.29, 1.82) is 0 Å². The molecule has 0 bridgehead atoms. The SMILES string of the molecule is CCNC(=NCc1ccc(S(=O)(=O)NC)cc1)NCC(C(C)C)N1CCOCC1. The van der Waals surface area contributed by atoms with Crippen LogP contribution in [-0.2, 0) is 21.3 Å². The standard InChI is InChI=1S/C20H35N5O3S/c1-5-22-20(24-15-19(16(2)3)25-10-12-28-13-11-25)23-14-17-6-8-18(9-7-17)29(26,27)21-4/h6-9,16,19,21H,5,10-15H2,1-4H3,(H2,22,23,24). The van der Waals surface area contributed by atoms with E-state index in [1.807, 2.05) is 6.92 Å². The molecule has 0 aromatic heterocycles. The van der Waals surface area contributed by atoms with E-state index < -0.39 is 10.0 Å². The van der Waals surface area contributed by atoms with E-state index in [1.54, 1.807) is 24.3 Å². The van der Waals surface area contributed by atoms with Gasteiger partial charge in [0.1, 0.15) is 0 Å². The first-order valence-corrected chi connectivity index (χ1v) is 11.7. The zero-order valence-electron chi connectivity index (χ0n) is 17.9. The molecule has 1 aromatic carbocycles. The fourth-order valence-corrected chi connectivity index (χ4v) is 4.03. The number of hydrogen-bond donors (Lipinski definition) is 3. The van der Waals surface area contributed by atoms with E-state index in [0.29, 0.717) is 18.5 Å². The van der Waals surface area contributed by atoms with E-state index in [2.05, 4.69) is 39.1 Å². The Kier molecular flexibility index (Phi) is 9.35. The van der Waals surface area contributed by atoms with Crippen LogP contribution < -0.4 is 15.4 Å². The van der Waals surface area contributed by atoms with E-state index in [4.69, 9.17) is 4.74 Å². The van der Waals surface area contributed by atoms with Crippen LogP contribution in [0.4, 0.5) is 0 Å². The maximum Gasteiger partial charge on any atom is 0.240 e. The van der Waals surface area contributed by atoms with Crippen molar-refractivity contribution in [3.05, 3.63) is 29.8 Å². The van der Waals surface area contributed by atoms with Gasteiger partial charge in [-0.3, -0.25) is 4.90 Å². The summed E-state index contributed by atoms with van der Waals surface area (Å²) >= 11 is 0. The average Bonchev–Trinajstić information content (AvgIpc) is 2.73. The number of benzene rings is 1. The summed E-state index contributed by atoms with van der Waals surface area (Å²) in [5.41, 5.74) is 0.950. The molecule has 0 spiro atoms. The Morgan fingerprint density at radius 3 is 2.38 bits per heavy atom. The molecule has 1 aliphatic rings. The summed E-state index contributed by atoms with van der Waals surface area (Å²) in [4.78, 5) is 7.39.